The molecule has 4 heteroatoms. The number of fused-ring (bicyclic) bond motifs is 3. The quantitative estimate of drug-likeness (QED) is 0.680. The number of carbonyl (C=O) groups is 1. The minimum absolute atomic E-state index is 0.0267. The zero-order valence-corrected chi connectivity index (χ0v) is 12.5. The summed E-state index contributed by atoms with van der Waals surface area (Å²) < 4.78 is 0. The first-order chi connectivity index (χ1) is 10.7. The molecule has 1 fully saturated rings. The van der Waals surface area contributed by atoms with Gasteiger partial charge < -0.3 is 15.6 Å². The number of rotatable bonds is 2. The second-order valence-electron chi connectivity index (χ2n) is 6.15. The summed E-state index contributed by atoms with van der Waals surface area (Å²) in [5.41, 5.74) is 1.63. The molecule has 1 aliphatic rings. The summed E-state index contributed by atoms with van der Waals surface area (Å²) in [5, 5.41) is 9.91. The van der Waals surface area contributed by atoms with Crippen LogP contribution in [0.3, 0.4) is 0 Å². The molecule has 4 rings (SSSR count). The van der Waals surface area contributed by atoms with Crippen molar-refractivity contribution in [3.63, 3.8) is 0 Å². The molecule has 0 saturated carbocycles. The van der Waals surface area contributed by atoms with Gasteiger partial charge in [-0.15, -0.1) is 0 Å². The van der Waals surface area contributed by atoms with E-state index in [0.29, 0.717) is 11.7 Å². The monoisotopic (exact) mass is 293 g/mol. The molecule has 3 aromatic rings. The van der Waals surface area contributed by atoms with E-state index >= 15 is 0 Å². The molecule has 2 heterocycles. The molecule has 2 atom stereocenters. The molecule has 2 unspecified atom stereocenters. The molecule has 0 bridgehead atoms. The van der Waals surface area contributed by atoms with E-state index in [2.05, 4.69) is 40.7 Å². The van der Waals surface area contributed by atoms with Crippen molar-refractivity contribution in [1.82, 2.24) is 15.6 Å². The van der Waals surface area contributed by atoms with Crippen LogP contribution in [0.4, 0.5) is 0 Å². The van der Waals surface area contributed by atoms with Gasteiger partial charge in [0, 0.05) is 29.5 Å². The number of carbonyl (C=O) groups excluding carboxylic acids is 1. The van der Waals surface area contributed by atoms with Gasteiger partial charge in [0.25, 0.3) is 5.91 Å². The lowest BCUT2D eigenvalue weighted by Gasteiger charge is -2.10. The second kappa shape index (κ2) is 5.14. The SMILES string of the molecule is CC1CC(NC(=O)c2cc3c(ccc4ccccc43)[nH]2)CN1. The van der Waals surface area contributed by atoms with E-state index < -0.39 is 0 Å². The molecule has 1 saturated heterocycles. The van der Waals surface area contributed by atoms with E-state index in [1.54, 1.807) is 0 Å². The van der Waals surface area contributed by atoms with Gasteiger partial charge in [-0.3, -0.25) is 4.79 Å². The zero-order valence-electron chi connectivity index (χ0n) is 12.5. The van der Waals surface area contributed by atoms with Gasteiger partial charge in [0.15, 0.2) is 0 Å². The van der Waals surface area contributed by atoms with E-state index in [4.69, 9.17) is 0 Å². The maximum Gasteiger partial charge on any atom is 0.267 e. The lowest BCUT2D eigenvalue weighted by Crippen LogP contribution is -2.36. The Morgan fingerprint density at radius 2 is 2.05 bits per heavy atom. The Morgan fingerprint density at radius 3 is 2.86 bits per heavy atom. The number of nitrogens with one attached hydrogen (secondary N) is 3. The van der Waals surface area contributed by atoms with Crippen LogP contribution in [0.5, 0.6) is 0 Å². The topological polar surface area (TPSA) is 56.9 Å². The van der Waals surface area contributed by atoms with Crippen LogP contribution in [-0.2, 0) is 0 Å². The minimum Gasteiger partial charge on any atom is -0.351 e. The van der Waals surface area contributed by atoms with Crippen LogP contribution in [0.25, 0.3) is 21.7 Å². The fourth-order valence-corrected chi connectivity index (χ4v) is 3.32. The third-order valence-electron chi connectivity index (χ3n) is 4.46. The average molecular weight is 293 g/mol. The smallest absolute Gasteiger partial charge is 0.267 e. The lowest BCUT2D eigenvalue weighted by atomic mass is 10.1. The summed E-state index contributed by atoms with van der Waals surface area (Å²) >= 11 is 0. The van der Waals surface area contributed by atoms with Gasteiger partial charge in [0.05, 0.1) is 0 Å². The predicted molar refractivity (Wildman–Crippen MR) is 89.1 cm³/mol. The fraction of sp³-hybridized carbons (Fsp3) is 0.278. The van der Waals surface area contributed by atoms with Gasteiger partial charge in [-0.25, -0.2) is 0 Å². The van der Waals surface area contributed by atoms with Crippen molar-refractivity contribution in [2.24, 2.45) is 0 Å². The Morgan fingerprint density at radius 1 is 1.18 bits per heavy atom. The molecule has 1 amide bonds. The van der Waals surface area contributed by atoms with Crippen LogP contribution in [0.1, 0.15) is 23.8 Å². The maximum atomic E-state index is 12.4. The van der Waals surface area contributed by atoms with Crippen LogP contribution in [0.2, 0.25) is 0 Å². The van der Waals surface area contributed by atoms with E-state index in [1.165, 1.54) is 10.8 Å². The van der Waals surface area contributed by atoms with Gasteiger partial charge in [-0.1, -0.05) is 30.3 Å². The average Bonchev–Trinajstić information content (AvgIpc) is 3.13. The number of hydrogen-bond acceptors (Lipinski definition) is 2. The van der Waals surface area contributed by atoms with Gasteiger partial charge >= 0.3 is 0 Å². The Bertz CT molecular complexity index is 852. The first kappa shape index (κ1) is 13.3. The first-order valence-electron chi connectivity index (χ1n) is 7.75. The summed E-state index contributed by atoms with van der Waals surface area (Å²) in [7, 11) is 0. The standard InChI is InChI=1S/C18H19N3O/c1-11-8-13(10-19-11)20-18(22)17-9-15-14-5-3-2-4-12(14)6-7-16(15)21-17/h2-7,9,11,13,19,21H,8,10H2,1H3,(H,20,22). The highest BCUT2D eigenvalue weighted by Gasteiger charge is 2.23. The molecule has 0 aliphatic carbocycles. The van der Waals surface area contributed by atoms with E-state index in [-0.39, 0.29) is 11.9 Å². The number of aromatic amines is 1. The number of H-pyrrole nitrogens is 1. The molecular formula is C18H19N3O. The zero-order chi connectivity index (χ0) is 15.1. The highest BCUT2D eigenvalue weighted by Crippen LogP contribution is 2.26. The van der Waals surface area contributed by atoms with Gasteiger partial charge in [-0.05, 0) is 36.2 Å². The second-order valence-corrected chi connectivity index (χ2v) is 6.15. The Balaban J connectivity index is 1.67. The van der Waals surface area contributed by atoms with Crippen LogP contribution in [-0.4, -0.2) is 29.5 Å². The normalized spacial score (nSPS) is 21.5. The third-order valence-corrected chi connectivity index (χ3v) is 4.46. The van der Waals surface area contributed by atoms with Crippen molar-refractivity contribution in [2.75, 3.05) is 6.54 Å². The van der Waals surface area contributed by atoms with Gasteiger partial charge in [-0.2, -0.15) is 0 Å². The summed E-state index contributed by atoms with van der Waals surface area (Å²) in [6.45, 7) is 2.98. The summed E-state index contributed by atoms with van der Waals surface area (Å²) in [6, 6.07) is 15.0. The Hall–Kier alpha value is -2.33. The molecule has 2 aromatic carbocycles. The Labute approximate surface area is 128 Å². The largest absolute Gasteiger partial charge is 0.351 e. The fourth-order valence-electron chi connectivity index (χ4n) is 3.32. The summed E-state index contributed by atoms with van der Waals surface area (Å²) in [6.07, 6.45) is 0.981. The predicted octanol–water partition coefficient (Wildman–Crippen LogP) is 2.80. The molecule has 1 aliphatic heterocycles. The Kier molecular flexibility index (Phi) is 3.12. The van der Waals surface area contributed by atoms with Gasteiger partial charge in [0.1, 0.15) is 5.69 Å². The molecule has 0 radical (unpaired) electrons. The number of aromatic nitrogens is 1. The van der Waals surface area contributed by atoms with Gasteiger partial charge in [0.2, 0.25) is 0 Å². The maximum absolute atomic E-state index is 12.4. The molecule has 4 nitrogen and oxygen atoms in total. The first-order valence-corrected chi connectivity index (χ1v) is 7.75. The van der Waals surface area contributed by atoms with Crippen LogP contribution in [0.15, 0.2) is 42.5 Å². The summed E-state index contributed by atoms with van der Waals surface area (Å²) in [4.78, 5) is 15.7. The van der Waals surface area contributed by atoms with Crippen LogP contribution < -0.4 is 10.6 Å². The van der Waals surface area contributed by atoms with E-state index in [9.17, 15) is 4.79 Å². The number of benzene rings is 2. The van der Waals surface area contributed by atoms with Crippen molar-refractivity contribution < 1.29 is 4.79 Å². The molecule has 0 spiro atoms. The van der Waals surface area contributed by atoms with E-state index in [1.807, 2.05) is 24.3 Å². The molecule has 22 heavy (non-hydrogen) atoms. The van der Waals surface area contributed by atoms with Crippen molar-refractivity contribution in [3.05, 3.63) is 48.2 Å². The third kappa shape index (κ3) is 2.25. The molecule has 3 N–H and O–H groups in total. The van der Waals surface area contributed by atoms with Crippen molar-refractivity contribution >= 4 is 27.6 Å². The number of amides is 1. The van der Waals surface area contributed by atoms with Crippen molar-refractivity contribution in [2.45, 2.75) is 25.4 Å². The van der Waals surface area contributed by atoms with E-state index in [0.717, 1.165) is 23.9 Å². The number of hydrogen-bond donors (Lipinski definition) is 3. The van der Waals surface area contributed by atoms with Crippen LogP contribution in [0, 0.1) is 0 Å². The minimum atomic E-state index is -0.0267. The highest BCUT2D eigenvalue weighted by atomic mass is 16.1. The molecule has 112 valence electrons. The lowest BCUT2D eigenvalue weighted by molar-refractivity contribution is 0.0935. The van der Waals surface area contributed by atoms with Crippen molar-refractivity contribution in [1.29, 1.82) is 0 Å². The molecule has 1 aromatic heterocycles. The summed E-state index contributed by atoms with van der Waals surface area (Å²) in [5.74, 6) is -0.0267. The van der Waals surface area contributed by atoms with Crippen LogP contribution >= 0.6 is 0 Å². The highest BCUT2D eigenvalue weighted by molar-refractivity contribution is 6.09. The van der Waals surface area contributed by atoms with Crippen molar-refractivity contribution in [3.8, 4) is 0 Å². The molecular weight excluding hydrogens is 274 g/mol.